The first-order valence-corrected chi connectivity index (χ1v) is 8.51. The first kappa shape index (κ1) is 22.3. The molecule has 0 aliphatic rings. The fourth-order valence-corrected chi connectivity index (χ4v) is 2.25. The number of hydrogen-bond donors (Lipinski definition) is 2. The Morgan fingerprint density at radius 3 is 2.81 bits per heavy atom. The molecule has 0 bridgehead atoms. The van der Waals surface area contributed by atoms with E-state index in [4.69, 9.17) is 9.15 Å². The van der Waals surface area contributed by atoms with Crippen molar-refractivity contribution >= 4 is 29.9 Å². The Morgan fingerprint density at radius 2 is 2.15 bits per heavy atom. The Morgan fingerprint density at radius 1 is 1.35 bits per heavy atom. The number of hydrogen-bond acceptors (Lipinski definition) is 3. The zero-order chi connectivity index (χ0) is 18.1. The summed E-state index contributed by atoms with van der Waals surface area (Å²) >= 11 is 0. The van der Waals surface area contributed by atoms with E-state index in [1.54, 1.807) is 12.3 Å². The molecule has 1 atom stereocenters. The topological polar surface area (TPSA) is 58.8 Å². The second-order valence-electron chi connectivity index (χ2n) is 5.87. The van der Waals surface area contributed by atoms with E-state index < -0.39 is 0 Å². The van der Waals surface area contributed by atoms with Gasteiger partial charge < -0.3 is 19.8 Å². The van der Waals surface area contributed by atoms with E-state index >= 15 is 0 Å². The Hall–Kier alpha value is -1.77. The second-order valence-corrected chi connectivity index (χ2v) is 5.87. The van der Waals surface area contributed by atoms with Gasteiger partial charge in [0.25, 0.3) is 0 Å². The maximum Gasteiger partial charge on any atom is 0.191 e. The lowest BCUT2D eigenvalue weighted by Crippen LogP contribution is -2.42. The number of benzene rings is 1. The molecule has 0 aliphatic heterocycles. The smallest absolute Gasteiger partial charge is 0.191 e. The van der Waals surface area contributed by atoms with Gasteiger partial charge in [-0.05, 0) is 43.2 Å². The summed E-state index contributed by atoms with van der Waals surface area (Å²) in [6.45, 7) is 5.26. The van der Waals surface area contributed by atoms with Gasteiger partial charge in [0.1, 0.15) is 17.3 Å². The molecule has 1 aromatic heterocycles. The van der Waals surface area contributed by atoms with E-state index in [1.165, 1.54) is 19.2 Å². The molecule has 0 spiro atoms. The van der Waals surface area contributed by atoms with E-state index in [0.29, 0.717) is 24.8 Å². The maximum absolute atomic E-state index is 13.6. The average molecular weight is 475 g/mol. The molecule has 144 valence electrons. The SMILES string of the molecule is CCC(C)NC(=NCc1cc(F)cc(OC)c1)NCCc1ccco1.I. The van der Waals surface area contributed by atoms with Crippen molar-refractivity contribution in [2.45, 2.75) is 39.3 Å². The molecule has 2 aromatic rings. The monoisotopic (exact) mass is 475 g/mol. The van der Waals surface area contributed by atoms with Crippen molar-refractivity contribution in [3.8, 4) is 5.75 Å². The van der Waals surface area contributed by atoms with Crippen LogP contribution >= 0.6 is 24.0 Å². The standard InChI is InChI=1S/C19H26FN3O2.HI/c1-4-14(2)23-19(21-8-7-17-6-5-9-25-17)22-13-15-10-16(20)12-18(11-15)24-3;/h5-6,9-12,14H,4,7-8,13H2,1-3H3,(H2,21,22,23);1H. The summed E-state index contributed by atoms with van der Waals surface area (Å²) in [7, 11) is 1.52. The van der Waals surface area contributed by atoms with Gasteiger partial charge in [-0.15, -0.1) is 24.0 Å². The summed E-state index contributed by atoms with van der Waals surface area (Å²) in [5.41, 5.74) is 0.758. The molecule has 0 saturated heterocycles. The molecular weight excluding hydrogens is 448 g/mol. The van der Waals surface area contributed by atoms with Crippen molar-refractivity contribution in [3.05, 3.63) is 53.7 Å². The minimum absolute atomic E-state index is 0. The molecule has 1 heterocycles. The highest BCUT2D eigenvalue weighted by Crippen LogP contribution is 2.16. The van der Waals surface area contributed by atoms with Crippen LogP contribution in [0.2, 0.25) is 0 Å². The fraction of sp³-hybridized carbons (Fsp3) is 0.421. The van der Waals surface area contributed by atoms with Gasteiger partial charge in [0.05, 0.1) is 19.9 Å². The van der Waals surface area contributed by atoms with Crippen LogP contribution in [0.4, 0.5) is 4.39 Å². The van der Waals surface area contributed by atoms with E-state index in [2.05, 4.69) is 29.5 Å². The zero-order valence-electron chi connectivity index (χ0n) is 15.4. The van der Waals surface area contributed by atoms with Crippen LogP contribution in [-0.4, -0.2) is 25.7 Å². The normalized spacial score (nSPS) is 12.2. The van der Waals surface area contributed by atoms with Crippen molar-refractivity contribution in [3.63, 3.8) is 0 Å². The summed E-state index contributed by atoms with van der Waals surface area (Å²) in [4.78, 5) is 4.56. The van der Waals surface area contributed by atoms with Crippen LogP contribution in [0.3, 0.4) is 0 Å². The van der Waals surface area contributed by atoms with Crippen LogP contribution in [0.5, 0.6) is 5.75 Å². The van der Waals surface area contributed by atoms with E-state index in [1.807, 2.05) is 12.1 Å². The molecule has 0 aliphatic carbocycles. The van der Waals surface area contributed by atoms with Gasteiger partial charge in [0, 0.05) is 25.1 Å². The highest BCUT2D eigenvalue weighted by molar-refractivity contribution is 14.0. The Kier molecular flexibility index (Phi) is 10.1. The predicted octanol–water partition coefficient (Wildman–Crippen LogP) is 4.12. The molecule has 5 nitrogen and oxygen atoms in total. The molecule has 1 aromatic carbocycles. The molecule has 2 N–H and O–H groups in total. The third kappa shape index (κ3) is 7.63. The van der Waals surface area contributed by atoms with Crippen LogP contribution in [0.1, 0.15) is 31.6 Å². The van der Waals surface area contributed by atoms with Crippen LogP contribution in [-0.2, 0) is 13.0 Å². The maximum atomic E-state index is 13.6. The number of methoxy groups -OCH3 is 1. The molecule has 1 unspecified atom stereocenters. The number of furan rings is 1. The largest absolute Gasteiger partial charge is 0.497 e. The lowest BCUT2D eigenvalue weighted by atomic mass is 10.2. The molecular formula is C19H27FIN3O2. The summed E-state index contributed by atoms with van der Waals surface area (Å²) < 4.78 is 24.0. The minimum Gasteiger partial charge on any atom is -0.497 e. The molecule has 7 heteroatoms. The molecule has 0 fully saturated rings. The number of halogens is 2. The first-order valence-electron chi connectivity index (χ1n) is 8.51. The van der Waals surface area contributed by atoms with E-state index in [9.17, 15) is 4.39 Å². The molecule has 2 rings (SSSR count). The Labute approximate surface area is 171 Å². The highest BCUT2D eigenvalue weighted by Gasteiger charge is 2.06. The van der Waals surface area contributed by atoms with Crippen molar-refractivity contribution < 1.29 is 13.5 Å². The fourth-order valence-electron chi connectivity index (χ4n) is 2.25. The molecule has 26 heavy (non-hydrogen) atoms. The number of ether oxygens (including phenoxy) is 1. The summed E-state index contributed by atoms with van der Waals surface area (Å²) in [6.07, 6.45) is 3.41. The lowest BCUT2D eigenvalue weighted by Gasteiger charge is -2.17. The molecule has 0 radical (unpaired) electrons. The number of rotatable bonds is 8. The van der Waals surface area contributed by atoms with E-state index in [0.717, 1.165) is 24.2 Å². The van der Waals surface area contributed by atoms with Crippen LogP contribution in [0, 0.1) is 5.82 Å². The van der Waals surface area contributed by atoms with Gasteiger partial charge in [-0.1, -0.05) is 6.92 Å². The van der Waals surface area contributed by atoms with Crippen molar-refractivity contribution in [1.29, 1.82) is 0 Å². The third-order valence-electron chi connectivity index (χ3n) is 3.83. The summed E-state index contributed by atoms with van der Waals surface area (Å²) in [5, 5.41) is 6.63. The quantitative estimate of drug-likeness (QED) is 0.343. The lowest BCUT2D eigenvalue weighted by molar-refractivity contribution is 0.410. The molecule has 0 amide bonds. The van der Waals surface area contributed by atoms with Gasteiger partial charge in [-0.2, -0.15) is 0 Å². The summed E-state index contributed by atoms with van der Waals surface area (Å²) in [6, 6.07) is 8.72. The van der Waals surface area contributed by atoms with Crippen molar-refractivity contribution in [2.24, 2.45) is 4.99 Å². The van der Waals surface area contributed by atoms with Crippen LogP contribution in [0.15, 0.2) is 46.0 Å². The third-order valence-corrected chi connectivity index (χ3v) is 3.83. The number of nitrogens with one attached hydrogen (secondary N) is 2. The first-order chi connectivity index (χ1) is 12.1. The summed E-state index contributed by atoms with van der Waals surface area (Å²) in [5.74, 6) is 1.79. The number of aliphatic imine (C=N–C) groups is 1. The van der Waals surface area contributed by atoms with Gasteiger partial charge in [-0.3, -0.25) is 0 Å². The van der Waals surface area contributed by atoms with Gasteiger partial charge in [-0.25, -0.2) is 9.38 Å². The van der Waals surface area contributed by atoms with Gasteiger partial charge in [0.15, 0.2) is 5.96 Å². The Bertz CT molecular complexity index is 677. The zero-order valence-corrected chi connectivity index (χ0v) is 17.8. The van der Waals surface area contributed by atoms with Gasteiger partial charge >= 0.3 is 0 Å². The highest BCUT2D eigenvalue weighted by atomic mass is 127. The van der Waals surface area contributed by atoms with Crippen LogP contribution in [0.25, 0.3) is 0 Å². The van der Waals surface area contributed by atoms with Crippen molar-refractivity contribution in [2.75, 3.05) is 13.7 Å². The van der Waals surface area contributed by atoms with Crippen molar-refractivity contribution in [1.82, 2.24) is 10.6 Å². The van der Waals surface area contributed by atoms with Gasteiger partial charge in [0.2, 0.25) is 0 Å². The number of nitrogens with zero attached hydrogens (tertiary/aromatic N) is 1. The molecule has 0 saturated carbocycles. The Balaban J connectivity index is 0.00000338. The van der Waals surface area contributed by atoms with E-state index in [-0.39, 0.29) is 35.8 Å². The average Bonchev–Trinajstić information content (AvgIpc) is 3.12. The van der Waals surface area contributed by atoms with Crippen LogP contribution < -0.4 is 15.4 Å². The minimum atomic E-state index is -0.327. The number of guanidine groups is 1. The predicted molar refractivity (Wildman–Crippen MR) is 113 cm³/mol. The second kappa shape index (κ2) is 11.8.